The summed E-state index contributed by atoms with van der Waals surface area (Å²) in [5, 5.41) is 2.97. The molecule has 1 fully saturated rings. The lowest BCUT2D eigenvalue weighted by atomic mass is 10.1. The van der Waals surface area contributed by atoms with E-state index in [-0.39, 0.29) is 5.91 Å². The van der Waals surface area contributed by atoms with E-state index < -0.39 is 0 Å². The van der Waals surface area contributed by atoms with Crippen LogP contribution in [-0.4, -0.2) is 37.1 Å². The highest BCUT2D eigenvalue weighted by Crippen LogP contribution is 2.37. The van der Waals surface area contributed by atoms with Gasteiger partial charge in [0.05, 0.1) is 30.2 Å². The molecule has 0 saturated heterocycles. The summed E-state index contributed by atoms with van der Waals surface area (Å²) in [5.74, 6) is 0.900. The number of hydrogen-bond acceptors (Lipinski definition) is 4. The largest absolute Gasteiger partial charge is 0.368 e. The Bertz CT molecular complexity index is 729. The van der Waals surface area contributed by atoms with Crippen molar-refractivity contribution >= 4 is 17.3 Å². The summed E-state index contributed by atoms with van der Waals surface area (Å²) in [5.41, 5.74) is 3.31. The van der Waals surface area contributed by atoms with E-state index in [2.05, 4.69) is 44.4 Å². The summed E-state index contributed by atoms with van der Waals surface area (Å²) in [6.45, 7) is 3.89. The minimum atomic E-state index is 0.0381. The maximum Gasteiger partial charge on any atom is 0.239 e. The van der Waals surface area contributed by atoms with Crippen LogP contribution in [-0.2, 0) is 11.3 Å². The number of para-hydroxylation sites is 2. The van der Waals surface area contributed by atoms with Gasteiger partial charge in [0.25, 0.3) is 0 Å². The van der Waals surface area contributed by atoms with Crippen LogP contribution >= 0.6 is 0 Å². The number of carbonyl (C=O) groups is 1. The summed E-state index contributed by atoms with van der Waals surface area (Å²) in [7, 11) is 0. The molecule has 1 aromatic carbocycles. The average Bonchev–Trinajstić information content (AvgIpc) is 3.47. The van der Waals surface area contributed by atoms with E-state index in [9.17, 15) is 4.79 Å². The molecule has 0 unspecified atom stereocenters. The lowest BCUT2D eigenvalue weighted by Crippen LogP contribution is -2.46. The number of carbonyl (C=O) groups excluding carboxylic acids is 1. The van der Waals surface area contributed by atoms with Gasteiger partial charge in [-0.05, 0) is 43.0 Å². The number of pyridine rings is 1. The molecule has 2 aliphatic rings. The Hall–Kier alpha value is -2.56. The molecule has 1 saturated carbocycles. The highest BCUT2D eigenvalue weighted by molar-refractivity contribution is 5.84. The van der Waals surface area contributed by atoms with Gasteiger partial charge in [-0.15, -0.1) is 0 Å². The third-order valence-electron chi connectivity index (χ3n) is 4.91. The molecule has 130 valence electrons. The van der Waals surface area contributed by atoms with Crippen molar-refractivity contribution in [2.45, 2.75) is 19.4 Å². The molecule has 5 nitrogen and oxygen atoms in total. The second-order valence-corrected chi connectivity index (χ2v) is 6.90. The summed E-state index contributed by atoms with van der Waals surface area (Å²) >= 11 is 0. The smallest absolute Gasteiger partial charge is 0.239 e. The minimum Gasteiger partial charge on any atom is -0.368 e. The Morgan fingerprint density at radius 1 is 1.04 bits per heavy atom. The monoisotopic (exact) mass is 336 g/mol. The third-order valence-corrected chi connectivity index (χ3v) is 4.91. The van der Waals surface area contributed by atoms with Crippen LogP contribution in [0.1, 0.15) is 18.5 Å². The fourth-order valence-electron chi connectivity index (χ4n) is 3.37. The van der Waals surface area contributed by atoms with Gasteiger partial charge in [-0.2, -0.15) is 0 Å². The summed E-state index contributed by atoms with van der Waals surface area (Å²) < 4.78 is 0. The van der Waals surface area contributed by atoms with Crippen LogP contribution in [0.25, 0.3) is 0 Å². The summed E-state index contributed by atoms with van der Waals surface area (Å²) in [6, 6.07) is 14.2. The van der Waals surface area contributed by atoms with Gasteiger partial charge in [-0.3, -0.25) is 9.78 Å². The molecule has 4 rings (SSSR count). The lowest BCUT2D eigenvalue weighted by Gasteiger charge is -2.38. The number of anilines is 2. The van der Waals surface area contributed by atoms with Crippen molar-refractivity contribution < 1.29 is 4.79 Å². The van der Waals surface area contributed by atoms with E-state index >= 15 is 0 Å². The summed E-state index contributed by atoms with van der Waals surface area (Å²) in [6.07, 6.45) is 4.47. The molecule has 1 aliphatic heterocycles. The number of rotatable bonds is 6. The Kier molecular flexibility index (Phi) is 4.55. The topological polar surface area (TPSA) is 48.5 Å². The van der Waals surface area contributed by atoms with Crippen LogP contribution < -0.4 is 15.1 Å². The maximum absolute atomic E-state index is 12.4. The lowest BCUT2D eigenvalue weighted by molar-refractivity contribution is -0.119. The van der Waals surface area contributed by atoms with E-state index in [1.165, 1.54) is 24.2 Å². The predicted molar refractivity (Wildman–Crippen MR) is 99.7 cm³/mol. The molecule has 5 heteroatoms. The highest BCUT2D eigenvalue weighted by Gasteiger charge is 2.29. The number of amides is 1. The number of aromatic nitrogens is 1. The van der Waals surface area contributed by atoms with Gasteiger partial charge in [-0.25, -0.2) is 0 Å². The first-order chi connectivity index (χ1) is 12.3. The van der Waals surface area contributed by atoms with Gasteiger partial charge in [0, 0.05) is 25.8 Å². The van der Waals surface area contributed by atoms with Crippen molar-refractivity contribution in [3.63, 3.8) is 0 Å². The Morgan fingerprint density at radius 3 is 2.48 bits per heavy atom. The SMILES string of the molecule is O=C(CN1CCN(CC2CC2)c2ccccc21)NCc1ccccn1. The van der Waals surface area contributed by atoms with Crippen LogP contribution in [0, 0.1) is 5.92 Å². The first-order valence-electron chi connectivity index (χ1n) is 9.05. The molecule has 0 atom stereocenters. The molecule has 2 aromatic rings. The third kappa shape index (κ3) is 3.92. The normalized spacial score (nSPS) is 16.5. The molecule has 1 amide bonds. The average molecular weight is 336 g/mol. The molecule has 0 radical (unpaired) electrons. The van der Waals surface area contributed by atoms with Gasteiger partial charge >= 0.3 is 0 Å². The first-order valence-corrected chi connectivity index (χ1v) is 9.05. The molecular formula is C20H24N4O. The van der Waals surface area contributed by atoms with Crippen LogP contribution in [0.15, 0.2) is 48.7 Å². The first kappa shape index (κ1) is 15.9. The van der Waals surface area contributed by atoms with E-state index in [4.69, 9.17) is 0 Å². The molecule has 25 heavy (non-hydrogen) atoms. The van der Waals surface area contributed by atoms with Crippen molar-refractivity contribution in [3.05, 3.63) is 54.4 Å². The Balaban J connectivity index is 1.39. The predicted octanol–water partition coefficient (Wildman–Crippen LogP) is 2.43. The van der Waals surface area contributed by atoms with Crippen LogP contribution in [0.3, 0.4) is 0 Å². The number of fused-ring (bicyclic) bond motifs is 1. The van der Waals surface area contributed by atoms with Crippen LogP contribution in [0.2, 0.25) is 0 Å². The Morgan fingerprint density at radius 2 is 1.76 bits per heavy atom. The highest BCUT2D eigenvalue weighted by atomic mass is 16.2. The van der Waals surface area contributed by atoms with Crippen molar-refractivity contribution in [3.8, 4) is 0 Å². The fraction of sp³-hybridized carbons (Fsp3) is 0.400. The van der Waals surface area contributed by atoms with E-state index in [1.54, 1.807) is 6.20 Å². The standard InChI is InChI=1S/C20H24N4O/c25-20(22-13-17-5-3-4-10-21-17)15-24-12-11-23(14-16-8-9-16)18-6-1-2-7-19(18)24/h1-7,10,16H,8-9,11-15H2,(H,22,25). The molecule has 1 aliphatic carbocycles. The quantitative estimate of drug-likeness (QED) is 0.880. The van der Waals surface area contributed by atoms with E-state index in [1.807, 2.05) is 18.2 Å². The molecule has 1 N–H and O–H groups in total. The minimum absolute atomic E-state index is 0.0381. The molecule has 0 bridgehead atoms. The fourth-order valence-corrected chi connectivity index (χ4v) is 3.37. The zero-order valence-electron chi connectivity index (χ0n) is 14.4. The number of nitrogens with zero attached hydrogens (tertiary/aromatic N) is 3. The van der Waals surface area contributed by atoms with Gasteiger partial charge in [0.15, 0.2) is 0 Å². The number of benzene rings is 1. The van der Waals surface area contributed by atoms with Gasteiger partial charge < -0.3 is 15.1 Å². The second kappa shape index (κ2) is 7.13. The van der Waals surface area contributed by atoms with Gasteiger partial charge in [0.1, 0.15) is 0 Å². The second-order valence-electron chi connectivity index (χ2n) is 6.90. The van der Waals surface area contributed by atoms with Crippen LogP contribution in [0.5, 0.6) is 0 Å². The van der Waals surface area contributed by atoms with Crippen molar-refractivity contribution in [2.75, 3.05) is 36.0 Å². The van der Waals surface area contributed by atoms with Crippen molar-refractivity contribution in [1.29, 1.82) is 0 Å². The Labute approximate surface area is 148 Å². The number of nitrogens with one attached hydrogen (secondary N) is 1. The van der Waals surface area contributed by atoms with E-state index in [0.717, 1.165) is 31.2 Å². The zero-order valence-corrected chi connectivity index (χ0v) is 14.4. The van der Waals surface area contributed by atoms with Gasteiger partial charge in [0.2, 0.25) is 5.91 Å². The molecule has 1 aromatic heterocycles. The van der Waals surface area contributed by atoms with Crippen LogP contribution in [0.4, 0.5) is 11.4 Å². The summed E-state index contributed by atoms with van der Waals surface area (Å²) in [4.78, 5) is 21.3. The molecule has 0 spiro atoms. The van der Waals surface area contributed by atoms with E-state index in [0.29, 0.717) is 13.1 Å². The van der Waals surface area contributed by atoms with Gasteiger partial charge in [-0.1, -0.05) is 18.2 Å². The number of hydrogen-bond donors (Lipinski definition) is 1. The van der Waals surface area contributed by atoms with Crippen molar-refractivity contribution in [1.82, 2.24) is 10.3 Å². The maximum atomic E-state index is 12.4. The molecule has 2 heterocycles. The zero-order chi connectivity index (χ0) is 17.1. The van der Waals surface area contributed by atoms with Crippen molar-refractivity contribution in [2.24, 2.45) is 5.92 Å². The molecular weight excluding hydrogens is 312 g/mol.